The Bertz CT molecular complexity index is 411. The summed E-state index contributed by atoms with van der Waals surface area (Å²) in [4.78, 5) is 3.12. The molecule has 68 valence electrons. The van der Waals surface area contributed by atoms with Crippen molar-refractivity contribution in [3.63, 3.8) is 0 Å². The second-order valence-corrected chi connectivity index (χ2v) is 3.05. The van der Waals surface area contributed by atoms with Gasteiger partial charge in [0.15, 0.2) is 5.82 Å². The van der Waals surface area contributed by atoms with Crippen molar-refractivity contribution in [2.24, 2.45) is 7.05 Å². The summed E-state index contributed by atoms with van der Waals surface area (Å²) >= 11 is 0. The molecule has 0 saturated heterocycles. The van der Waals surface area contributed by atoms with Gasteiger partial charge in [-0.1, -0.05) is 0 Å². The molecule has 0 fully saturated rings. The second-order valence-electron chi connectivity index (χ2n) is 3.05. The van der Waals surface area contributed by atoms with Crippen LogP contribution >= 0.6 is 0 Å². The van der Waals surface area contributed by atoms with E-state index < -0.39 is 0 Å². The van der Waals surface area contributed by atoms with Crippen LogP contribution in [0.5, 0.6) is 0 Å². The van der Waals surface area contributed by atoms with E-state index in [2.05, 4.69) is 10.1 Å². The highest BCUT2D eigenvalue weighted by Crippen LogP contribution is 2.26. The van der Waals surface area contributed by atoms with Crippen molar-refractivity contribution in [2.45, 2.75) is 6.92 Å². The van der Waals surface area contributed by atoms with Crippen LogP contribution < -0.4 is 5.73 Å². The first-order valence-electron chi connectivity index (χ1n) is 4.13. The van der Waals surface area contributed by atoms with Crippen molar-refractivity contribution < 1.29 is 0 Å². The Labute approximate surface area is 76.4 Å². The molecule has 2 aromatic heterocycles. The molecule has 13 heavy (non-hydrogen) atoms. The van der Waals surface area contributed by atoms with E-state index in [0.717, 1.165) is 17.0 Å². The average Bonchev–Trinajstić information content (AvgIpc) is 2.63. The molecule has 0 bridgehead atoms. The van der Waals surface area contributed by atoms with Crippen molar-refractivity contribution in [1.82, 2.24) is 14.8 Å². The molecule has 2 aromatic rings. The molecular weight excluding hydrogens is 164 g/mol. The van der Waals surface area contributed by atoms with Gasteiger partial charge in [-0.25, -0.2) is 0 Å². The zero-order valence-electron chi connectivity index (χ0n) is 7.70. The lowest BCUT2D eigenvalue weighted by Crippen LogP contribution is -1.93. The number of nitrogens with zero attached hydrogens (tertiary/aromatic N) is 2. The number of anilines is 1. The van der Waals surface area contributed by atoms with Crippen molar-refractivity contribution in [3.05, 3.63) is 24.0 Å². The van der Waals surface area contributed by atoms with E-state index in [1.165, 1.54) is 0 Å². The number of H-pyrrole nitrogens is 1. The third kappa shape index (κ3) is 1.11. The third-order valence-corrected chi connectivity index (χ3v) is 2.23. The van der Waals surface area contributed by atoms with Gasteiger partial charge in [0.25, 0.3) is 0 Å². The Balaban J connectivity index is 2.64. The number of aryl methyl sites for hydroxylation is 1. The molecule has 0 spiro atoms. The molecule has 4 nitrogen and oxygen atoms in total. The van der Waals surface area contributed by atoms with E-state index in [0.29, 0.717) is 5.82 Å². The van der Waals surface area contributed by atoms with Crippen LogP contribution in [0.1, 0.15) is 5.69 Å². The number of hydrogen-bond donors (Lipinski definition) is 2. The van der Waals surface area contributed by atoms with E-state index in [-0.39, 0.29) is 0 Å². The van der Waals surface area contributed by atoms with Crippen molar-refractivity contribution in [3.8, 4) is 11.3 Å². The maximum Gasteiger partial charge on any atom is 0.155 e. The predicted molar refractivity (Wildman–Crippen MR) is 52.1 cm³/mol. The van der Waals surface area contributed by atoms with E-state index in [1.54, 1.807) is 4.68 Å². The minimum absolute atomic E-state index is 0.572. The first-order valence-corrected chi connectivity index (χ1v) is 4.13. The van der Waals surface area contributed by atoms with E-state index in [4.69, 9.17) is 5.73 Å². The van der Waals surface area contributed by atoms with E-state index >= 15 is 0 Å². The molecular formula is C9H12N4. The van der Waals surface area contributed by atoms with Gasteiger partial charge in [-0.05, 0) is 19.1 Å². The molecule has 2 rings (SSSR count). The largest absolute Gasteiger partial charge is 0.382 e. The molecule has 0 aliphatic rings. The van der Waals surface area contributed by atoms with Gasteiger partial charge >= 0.3 is 0 Å². The zero-order chi connectivity index (χ0) is 9.42. The molecule has 0 saturated carbocycles. The quantitative estimate of drug-likeness (QED) is 0.688. The van der Waals surface area contributed by atoms with Crippen LogP contribution in [0.3, 0.4) is 0 Å². The number of aromatic nitrogens is 3. The van der Waals surface area contributed by atoms with Gasteiger partial charge in [0, 0.05) is 18.9 Å². The molecule has 3 N–H and O–H groups in total. The summed E-state index contributed by atoms with van der Waals surface area (Å²) in [7, 11) is 1.89. The van der Waals surface area contributed by atoms with Crippen molar-refractivity contribution in [1.29, 1.82) is 0 Å². The zero-order valence-corrected chi connectivity index (χ0v) is 7.70. The monoisotopic (exact) mass is 176 g/mol. The highest BCUT2D eigenvalue weighted by atomic mass is 15.3. The fraction of sp³-hybridized carbons (Fsp3) is 0.222. The molecule has 0 aromatic carbocycles. The highest BCUT2D eigenvalue weighted by Gasteiger charge is 2.12. The molecule has 2 heterocycles. The van der Waals surface area contributed by atoms with Gasteiger partial charge < -0.3 is 10.7 Å². The Hall–Kier alpha value is -1.71. The van der Waals surface area contributed by atoms with Crippen LogP contribution in [0, 0.1) is 6.92 Å². The maximum atomic E-state index is 5.78. The van der Waals surface area contributed by atoms with Crippen LogP contribution in [-0.4, -0.2) is 14.8 Å². The minimum Gasteiger partial charge on any atom is -0.382 e. The number of nitrogen functional groups attached to an aromatic ring is 1. The molecule has 0 amide bonds. The number of hydrogen-bond acceptors (Lipinski definition) is 2. The molecule has 0 aliphatic carbocycles. The van der Waals surface area contributed by atoms with Gasteiger partial charge in [-0.2, -0.15) is 5.10 Å². The number of rotatable bonds is 1. The van der Waals surface area contributed by atoms with Gasteiger partial charge in [0.1, 0.15) is 0 Å². The van der Waals surface area contributed by atoms with Crippen LogP contribution in [0.2, 0.25) is 0 Å². The fourth-order valence-corrected chi connectivity index (χ4v) is 1.45. The van der Waals surface area contributed by atoms with Crippen LogP contribution in [-0.2, 0) is 7.05 Å². The van der Waals surface area contributed by atoms with Crippen molar-refractivity contribution >= 4 is 5.82 Å². The third-order valence-electron chi connectivity index (χ3n) is 2.23. The van der Waals surface area contributed by atoms with Crippen molar-refractivity contribution in [2.75, 3.05) is 5.73 Å². The first kappa shape index (κ1) is 7.91. The Morgan fingerprint density at radius 1 is 1.54 bits per heavy atom. The lowest BCUT2D eigenvalue weighted by molar-refractivity contribution is 0.744. The maximum absolute atomic E-state index is 5.78. The molecule has 0 atom stereocenters. The van der Waals surface area contributed by atoms with Gasteiger partial charge in [-0.15, -0.1) is 0 Å². The Kier molecular flexibility index (Phi) is 1.62. The average molecular weight is 176 g/mol. The van der Waals surface area contributed by atoms with Crippen LogP contribution in [0.4, 0.5) is 5.82 Å². The molecule has 0 unspecified atom stereocenters. The summed E-state index contributed by atoms with van der Waals surface area (Å²) in [5.74, 6) is 0.572. The summed E-state index contributed by atoms with van der Waals surface area (Å²) in [5.41, 5.74) is 8.86. The van der Waals surface area contributed by atoms with E-state index in [1.807, 2.05) is 32.3 Å². The second kappa shape index (κ2) is 2.65. The number of nitrogens with two attached hydrogens (primary N) is 1. The Morgan fingerprint density at radius 2 is 2.31 bits per heavy atom. The standard InChI is InChI=1S/C9H12N4/c1-6-8(7-4-3-5-11-7)9(10)12-13(6)2/h3-5,11H,1-2H3,(H2,10,12). The lowest BCUT2D eigenvalue weighted by atomic mass is 10.2. The first-order chi connectivity index (χ1) is 6.20. The number of aromatic amines is 1. The molecule has 0 aliphatic heterocycles. The van der Waals surface area contributed by atoms with Gasteiger partial charge in [-0.3, -0.25) is 4.68 Å². The Morgan fingerprint density at radius 3 is 2.77 bits per heavy atom. The normalized spacial score (nSPS) is 10.6. The molecule has 0 radical (unpaired) electrons. The summed E-state index contributed by atoms with van der Waals surface area (Å²) < 4.78 is 1.78. The van der Waals surface area contributed by atoms with Gasteiger partial charge in [0.05, 0.1) is 11.3 Å². The number of nitrogens with one attached hydrogen (secondary N) is 1. The minimum atomic E-state index is 0.572. The predicted octanol–water partition coefficient (Wildman–Crippen LogP) is 1.31. The van der Waals surface area contributed by atoms with E-state index in [9.17, 15) is 0 Å². The summed E-state index contributed by atoms with van der Waals surface area (Å²) in [6.07, 6.45) is 1.88. The van der Waals surface area contributed by atoms with Crippen LogP contribution in [0.15, 0.2) is 18.3 Å². The fourth-order valence-electron chi connectivity index (χ4n) is 1.45. The van der Waals surface area contributed by atoms with Crippen LogP contribution in [0.25, 0.3) is 11.3 Å². The topological polar surface area (TPSA) is 59.6 Å². The highest BCUT2D eigenvalue weighted by molar-refractivity contribution is 5.73. The smallest absolute Gasteiger partial charge is 0.155 e. The SMILES string of the molecule is Cc1c(-c2ccc[nH]2)c(N)nn1C. The summed E-state index contributed by atoms with van der Waals surface area (Å²) in [5, 5.41) is 4.14. The summed E-state index contributed by atoms with van der Waals surface area (Å²) in [6, 6.07) is 3.93. The van der Waals surface area contributed by atoms with Gasteiger partial charge in [0.2, 0.25) is 0 Å². The molecule has 4 heteroatoms. The lowest BCUT2D eigenvalue weighted by Gasteiger charge is -1.97. The summed E-state index contributed by atoms with van der Waals surface area (Å²) in [6.45, 7) is 2.00.